The minimum absolute atomic E-state index is 0.143. The lowest BCUT2D eigenvalue weighted by atomic mass is 10.1. The van der Waals surface area contributed by atoms with E-state index in [0.717, 1.165) is 11.3 Å². The van der Waals surface area contributed by atoms with Gasteiger partial charge in [0.2, 0.25) is 5.16 Å². The van der Waals surface area contributed by atoms with E-state index in [-0.39, 0.29) is 12.7 Å². The fraction of sp³-hybridized carbons (Fsp3) is 0.316. The van der Waals surface area contributed by atoms with Crippen molar-refractivity contribution in [2.45, 2.75) is 24.3 Å². The number of nitrogens with zero attached hydrogens (tertiary/aromatic N) is 4. The molecular formula is C19H21ClN4O3S. The van der Waals surface area contributed by atoms with Gasteiger partial charge in [0.25, 0.3) is 0 Å². The fourth-order valence-corrected chi connectivity index (χ4v) is 3.44. The minimum atomic E-state index is -0.664. The van der Waals surface area contributed by atoms with Gasteiger partial charge < -0.3 is 14.6 Å². The van der Waals surface area contributed by atoms with Gasteiger partial charge in [0.05, 0.1) is 25.9 Å². The number of rotatable bonds is 9. The molecular weight excluding hydrogens is 400 g/mol. The first-order chi connectivity index (χ1) is 13.6. The predicted octanol–water partition coefficient (Wildman–Crippen LogP) is 3.56. The molecule has 0 fully saturated rings. The summed E-state index contributed by atoms with van der Waals surface area (Å²) >= 11 is 7.25. The van der Waals surface area contributed by atoms with Crippen molar-refractivity contribution in [3.8, 4) is 11.4 Å². The molecule has 0 radical (unpaired) electrons. The molecule has 1 aromatic heterocycles. The lowest BCUT2D eigenvalue weighted by Crippen LogP contribution is -2.19. The summed E-state index contributed by atoms with van der Waals surface area (Å²) in [4.78, 5) is 0. The van der Waals surface area contributed by atoms with Gasteiger partial charge in [-0.05, 0) is 47.2 Å². The molecule has 0 saturated heterocycles. The van der Waals surface area contributed by atoms with Crippen LogP contribution in [0.15, 0.2) is 53.7 Å². The molecule has 3 aromatic rings. The number of hydrogen-bond acceptors (Lipinski definition) is 7. The topological polar surface area (TPSA) is 82.3 Å². The summed E-state index contributed by atoms with van der Waals surface area (Å²) in [6, 6.07) is 14.9. The number of ether oxygens (including phenoxy) is 2. The molecule has 3 rings (SSSR count). The molecule has 0 aliphatic carbocycles. The summed E-state index contributed by atoms with van der Waals surface area (Å²) < 4.78 is 12.7. The number of aliphatic hydroxyl groups excluding tert-OH is 1. The highest BCUT2D eigenvalue weighted by molar-refractivity contribution is 7.99. The van der Waals surface area contributed by atoms with Crippen molar-refractivity contribution in [3.63, 3.8) is 0 Å². The number of tetrazole rings is 1. The molecule has 0 unspecified atom stereocenters. The van der Waals surface area contributed by atoms with Gasteiger partial charge in [0, 0.05) is 10.8 Å². The predicted molar refractivity (Wildman–Crippen MR) is 108 cm³/mol. The molecule has 7 nitrogen and oxygen atoms in total. The number of hydrogen-bond donors (Lipinski definition) is 1. The van der Waals surface area contributed by atoms with E-state index in [2.05, 4.69) is 15.5 Å². The number of benzene rings is 2. The van der Waals surface area contributed by atoms with E-state index in [1.165, 1.54) is 11.8 Å². The van der Waals surface area contributed by atoms with Crippen molar-refractivity contribution in [1.29, 1.82) is 0 Å². The maximum atomic E-state index is 10.3. The van der Waals surface area contributed by atoms with Crippen LogP contribution in [0.5, 0.6) is 5.75 Å². The van der Waals surface area contributed by atoms with E-state index < -0.39 is 6.10 Å². The Morgan fingerprint density at radius 3 is 2.68 bits per heavy atom. The van der Waals surface area contributed by atoms with Crippen LogP contribution in [0, 0.1) is 0 Å². The molecule has 0 aliphatic rings. The Bertz CT molecular complexity index is 891. The number of para-hydroxylation sites is 2. The summed E-state index contributed by atoms with van der Waals surface area (Å²) in [5.74, 6) is 1.06. The lowest BCUT2D eigenvalue weighted by Gasteiger charge is -2.16. The van der Waals surface area contributed by atoms with Gasteiger partial charge >= 0.3 is 0 Å². The molecule has 2 aromatic carbocycles. The minimum Gasteiger partial charge on any atom is -0.494 e. The molecule has 9 heteroatoms. The summed E-state index contributed by atoms with van der Waals surface area (Å²) in [6.07, 6.45) is -0.807. The average Bonchev–Trinajstić information content (AvgIpc) is 3.19. The van der Waals surface area contributed by atoms with Crippen LogP contribution in [0.3, 0.4) is 0 Å². The van der Waals surface area contributed by atoms with Crippen LogP contribution in [0.1, 0.15) is 18.6 Å². The second-order valence-electron chi connectivity index (χ2n) is 6.04. The van der Waals surface area contributed by atoms with Crippen molar-refractivity contribution in [2.75, 3.05) is 19.5 Å². The van der Waals surface area contributed by atoms with Crippen LogP contribution < -0.4 is 4.74 Å². The average molecular weight is 421 g/mol. The third-order valence-electron chi connectivity index (χ3n) is 4.04. The normalized spacial score (nSPS) is 13.3. The zero-order chi connectivity index (χ0) is 19.9. The van der Waals surface area contributed by atoms with Gasteiger partial charge in [0.1, 0.15) is 11.4 Å². The molecule has 1 heterocycles. The number of aliphatic hydroxyl groups is 1. The van der Waals surface area contributed by atoms with Crippen molar-refractivity contribution < 1.29 is 14.6 Å². The number of aromatic nitrogens is 4. The summed E-state index contributed by atoms with van der Waals surface area (Å²) in [5.41, 5.74) is 1.74. The van der Waals surface area contributed by atoms with Crippen LogP contribution in [-0.4, -0.2) is 50.9 Å². The van der Waals surface area contributed by atoms with E-state index >= 15 is 0 Å². The van der Waals surface area contributed by atoms with Crippen molar-refractivity contribution in [2.24, 2.45) is 0 Å². The Morgan fingerprint density at radius 2 is 1.93 bits per heavy atom. The molecule has 0 spiro atoms. The Morgan fingerprint density at radius 1 is 1.18 bits per heavy atom. The highest BCUT2D eigenvalue weighted by Crippen LogP contribution is 2.26. The molecule has 1 N–H and O–H groups in total. The number of halogens is 1. The van der Waals surface area contributed by atoms with E-state index in [4.69, 9.17) is 21.1 Å². The first kappa shape index (κ1) is 20.6. The van der Waals surface area contributed by atoms with E-state index in [0.29, 0.717) is 21.7 Å². The number of methoxy groups -OCH3 is 1. The van der Waals surface area contributed by atoms with Gasteiger partial charge in [0.15, 0.2) is 0 Å². The van der Waals surface area contributed by atoms with Crippen LogP contribution in [-0.2, 0) is 4.74 Å². The first-order valence-corrected chi connectivity index (χ1v) is 10.0. The Labute approximate surface area is 172 Å². The third-order valence-corrected chi connectivity index (χ3v) is 5.35. The monoisotopic (exact) mass is 420 g/mol. The Hall–Kier alpha value is -2.13. The zero-order valence-corrected chi connectivity index (χ0v) is 17.1. The van der Waals surface area contributed by atoms with Gasteiger partial charge in [-0.2, -0.15) is 4.68 Å². The Kier molecular flexibility index (Phi) is 7.27. The lowest BCUT2D eigenvalue weighted by molar-refractivity contribution is 0.00621. The Balaban J connectivity index is 1.55. The fourth-order valence-electron chi connectivity index (χ4n) is 2.53. The standard InChI is InChI=1S/C19H21ClN4O3S/c1-13(14-7-9-15(20)10-8-14)27-11-16(25)12-28-19-21-22-23-24(19)17-5-3-4-6-18(17)26-2/h3-10,13,16,25H,11-12H2,1-2H3/t13-,16-/m1/s1. The molecule has 148 valence electrons. The van der Waals surface area contributed by atoms with E-state index in [9.17, 15) is 5.11 Å². The van der Waals surface area contributed by atoms with Crippen LogP contribution in [0.4, 0.5) is 0 Å². The van der Waals surface area contributed by atoms with Crippen molar-refractivity contribution in [3.05, 3.63) is 59.1 Å². The molecule has 0 aliphatic heterocycles. The highest BCUT2D eigenvalue weighted by atomic mass is 35.5. The quantitative estimate of drug-likeness (QED) is 0.530. The van der Waals surface area contributed by atoms with E-state index in [1.54, 1.807) is 11.8 Å². The molecule has 0 bridgehead atoms. The van der Waals surface area contributed by atoms with Gasteiger partial charge in [-0.25, -0.2) is 0 Å². The van der Waals surface area contributed by atoms with Gasteiger partial charge in [-0.1, -0.05) is 47.6 Å². The molecule has 0 saturated carbocycles. The van der Waals surface area contributed by atoms with Crippen LogP contribution in [0.25, 0.3) is 5.69 Å². The SMILES string of the molecule is COc1ccccc1-n1nnnc1SC[C@H](O)CO[C@H](C)c1ccc(Cl)cc1. The second-order valence-corrected chi connectivity index (χ2v) is 7.46. The maximum Gasteiger partial charge on any atom is 0.214 e. The molecule has 0 amide bonds. The third kappa shape index (κ3) is 5.23. The largest absolute Gasteiger partial charge is 0.494 e. The molecule has 2 atom stereocenters. The smallest absolute Gasteiger partial charge is 0.214 e. The van der Waals surface area contributed by atoms with Crippen molar-refractivity contribution in [1.82, 2.24) is 20.2 Å². The van der Waals surface area contributed by atoms with Gasteiger partial charge in [-0.3, -0.25) is 0 Å². The zero-order valence-electron chi connectivity index (χ0n) is 15.5. The van der Waals surface area contributed by atoms with Crippen LogP contribution >= 0.6 is 23.4 Å². The first-order valence-electron chi connectivity index (χ1n) is 8.68. The van der Waals surface area contributed by atoms with Crippen molar-refractivity contribution >= 4 is 23.4 Å². The highest BCUT2D eigenvalue weighted by Gasteiger charge is 2.16. The van der Waals surface area contributed by atoms with Gasteiger partial charge in [-0.15, -0.1) is 5.10 Å². The molecule has 28 heavy (non-hydrogen) atoms. The van der Waals surface area contributed by atoms with E-state index in [1.807, 2.05) is 55.5 Å². The number of thioether (sulfide) groups is 1. The summed E-state index contributed by atoms with van der Waals surface area (Å²) in [7, 11) is 1.60. The maximum absolute atomic E-state index is 10.3. The van der Waals surface area contributed by atoms with Crippen LogP contribution in [0.2, 0.25) is 5.02 Å². The summed E-state index contributed by atoms with van der Waals surface area (Å²) in [6.45, 7) is 2.14. The second kappa shape index (κ2) is 9.88. The summed E-state index contributed by atoms with van der Waals surface area (Å²) in [5, 5.41) is 23.3.